The summed E-state index contributed by atoms with van der Waals surface area (Å²) in [4.78, 5) is 24.1. The molecule has 3 N–H and O–H groups in total. The Hall–Kier alpha value is -1.14. The average molecular weight is 272 g/mol. The molecular formula is C13H24N2O4. The summed E-state index contributed by atoms with van der Waals surface area (Å²) < 4.78 is 9.99. The lowest BCUT2D eigenvalue weighted by atomic mass is 9.84. The molecule has 0 saturated carbocycles. The lowest BCUT2D eigenvalue weighted by molar-refractivity contribution is -0.148. The third kappa shape index (κ3) is 3.25. The van der Waals surface area contributed by atoms with Crippen LogP contribution < -0.4 is 11.1 Å². The van der Waals surface area contributed by atoms with E-state index in [1.54, 1.807) is 6.92 Å². The van der Waals surface area contributed by atoms with Crippen molar-refractivity contribution >= 4 is 11.9 Å². The first-order chi connectivity index (χ1) is 8.86. The number of hydrogen-bond donors (Lipinski definition) is 2. The molecular weight excluding hydrogens is 248 g/mol. The SMILES string of the molecule is CCC(C)C(NC(=O)C1(C)COCC1N)C(=O)OC. The van der Waals surface area contributed by atoms with Gasteiger partial charge in [0.25, 0.3) is 0 Å². The van der Waals surface area contributed by atoms with Crippen LogP contribution in [0.5, 0.6) is 0 Å². The molecule has 1 heterocycles. The number of methoxy groups -OCH3 is 1. The van der Waals surface area contributed by atoms with Crippen molar-refractivity contribution in [3.8, 4) is 0 Å². The zero-order chi connectivity index (χ0) is 14.6. The van der Waals surface area contributed by atoms with Crippen LogP contribution in [0.15, 0.2) is 0 Å². The summed E-state index contributed by atoms with van der Waals surface area (Å²) >= 11 is 0. The molecule has 4 unspecified atom stereocenters. The number of nitrogens with two attached hydrogens (primary N) is 1. The van der Waals surface area contributed by atoms with E-state index in [1.165, 1.54) is 7.11 Å². The zero-order valence-corrected chi connectivity index (χ0v) is 12.1. The first-order valence-electron chi connectivity index (χ1n) is 6.59. The van der Waals surface area contributed by atoms with Gasteiger partial charge in [-0.25, -0.2) is 4.79 Å². The Morgan fingerprint density at radius 2 is 2.21 bits per heavy atom. The maximum Gasteiger partial charge on any atom is 0.328 e. The molecule has 1 rings (SSSR count). The third-order valence-electron chi connectivity index (χ3n) is 3.99. The monoisotopic (exact) mass is 272 g/mol. The van der Waals surface area contributed by atoms with E-state index in [0.717, 1.165) is 6.42 Å². The van der Waals surface area contributed by atoms with Gasteiger partial charge in [0.15, 0.2) is 0 Å². The second-order valence-corrected chi connectivity index (χ2v) is 5.40. The van der Waals surface area contributed by atoms with E-state index in [1.807, 2.05) is 13.8 Å². The second-order valence-electron chi connectivity index (χ2n) is 5.40. The van der Waals surface area contributed by atoms with E-state index in [-0.39, 0.29) is 24.5 Å². The van der Waals surface area contributed by atoms with Gasteiger partial charge < -0.3 is 20.5 Å². The Kier molecular flexibility index (Phi) is 5.31. The summed E-state index contributed by atoms with van der Waals surface area (Å²) in [6, 6.07) is -1.00. The van der Waals surface area contributed by atoms with Gasteiger partial charge in [0.1, 0.15) is 6.04 Å². The highest BCUT2D eigenvalue weighted by Crippen LogP contribution is 2.27. The number of hydrogen-bond acceptors (Lipinski definition) is 5. The Morgan fingerprint density at radius 3 is 2.63 bits per heavy atom. The van der Waals surface area contributed by atoms with E-state index in [0.29, 0.717) is 6.61 Å². The van der Waals surface area contributed by atoms with Crippen molar-refractivity contribution in [1.29, 1.82) is 0 Å². The number of esters is 1. The summed E-state index contributed by atoms with van der Waals surface area (Å²) in [7, 11) is 1.32. The quantitative estimate of drug-likeness (QED) is 0.690. The van der Waals surface area contributed by atoms with Crippen molar-refractivity contribution in [3.05, 3.63) is 0 Å². The largest absolute Gasteiger partial charge is 0.467 e. The van der Waals surface area contributed by atoms with Gasteiger partial charge in [-0.05, 0) is 12.8 Å². The number of carbonyl (C=O) groups excluding carboxylic acids is 2. The van der Waals surface area contributed by atoms with Crippen molar-refractivity contribution in [2.45, 2.75) is 39.3 Å². The smallest absolute Gasteiger partial charge is 0.328 e. The average Bonchev–Trinajstić information content (AvgIpc) is 2.75. The second kappa shape index (κ2) is 6.34. The lowest BCUT2D eigenvalue weighted by Gasteiger charge is -2.29. The number of carbonyl (C=O) groups is 2. The van der Waals surface area contributed by atoms with Crippen LogP contribution in [-0.4, -0.2) is 44.3 Å². The van der Waals surface area contributed by atoms with Gasteiger partial charge in [0.05, 0.1) is 25.7 Å². The Labute approximate surface area is 114 Å². The molecule has 0 aromatic rings. The van der Waals surface area contributed by atoms with Crippen LogP contribution >= 0.6 is 0 Å². The van der Waals surface area contributed by atoms with Crippen LogP contribution in [0.25, 0.3) is 0 Å². The molecule has 0 radical (unpaired) electrons. The van der Waals surface area contributed by atoms with E-state index in [9.17, 15) is 9.59 Å². The molecule has 0 bridgehead atoms. The predicted molar refractivity (Wildman–Crippen MR) is 70.3 cm³/mol. The van der Waals surface area contributed by atoms with Gasteiger partial charge in [-0.1, -0.05) is 20.3 Å². The molecule has 1 amide bonds. The molecule has 1 aliphatic heterocycles. The Balaban J connectivity index is 2.79. The molecule has 4 atom stereocenters. The maximum atomic E-state index is 12.3. The first-order valence-corrected chi connectivity index (χ1v) is 6.59. The topological polar surface area (TPSA) is 90.6 Å². The number of amides is 1. The van der Waals surface area contributed by atoms with Crippen molar-refractivity contribution in [2.75, 3.05) is 20.3 Å². The molecule has 1 aliphatic rings. The summed E-state index contributed by atoms with van der Waals surface area (Å²) in [5, 5.41) is 2.76. The summed E-state index contributed by atoms with van der Waals surface area (Å²) in [6.07, 6.45) is 0.763. The normalized spacial score (nSPS) is 29.6. The molecule has 0 spiro atoms. The van der Waals surface area contributed by atoms with E-state index in [4.69, 9.17) is 15.2 Å². The summed E-state index contributed by atoms with van der Waals surface area (Å²) in [6.45, 7) is 6.24. The van der Waals surface area contributed by atoms with Crippen molar-refractivity contribution < 1.29 is 19.1 Å². The van der Waals surface area contributed by atoms with Gasteiger partial charge in [0, 0.05) is 6.04 Å². The van der Waals surface area contributed by atoms with Crippen LogP contribution in [-0.2, 0) is 19.1 Å². The highest BCUT2D eigenvalue weighted by atomic mass is 16.5. The number of ether oxygens (including phenoxy) is 2. The van der Waals surface area contributed by atoms with Crippen molar-refractivity contribution in [3.63, 3.8) is 0 Å². The molecule has 6 heteroatoms. The number of nitrogens with one attached hydrogen (secondary N) is 1. The minimum absolute atomic E-state index is 0.00135. The van der Waals surface area contributed by atoms with Crippen LogP contribution in [0.1, 0.15) is 27.2 Å². The molecule has 1 fully saturated rings. The van der Waals surface area contributed by atoms with Gasteiger partial charge in [0.2, 0.25) is 5.91 Å². The highest BCUT2D eigenvalue weighted by molar-refractivity contribution is 5.88. The van der Waals surface area contributed by atoms with Crippen LogP contribution in [0, 0.1) is 11.3 Å². The third-order valence-corrected chi connectivity index (χ3v) is 3.99. The summed E-state index contributed by atoms with van der Waals surface area (Å²) in [5.41, 5.74) is 5.11. The van der Waals surface area contributed by atoms with Gasteiger partial charge in [-0.15, -0.1) is 0 Å². The summed E-state index contributed by atoms with van der Waals surface area (Å²) in [5.74, 6) is -0.689. The fraction of sp³-hybridized carbons (Fsp3) is 0.846. The fourth-order valence-electron chi connectivity index (χ4n) is 2.03. The van der Waals surface area contributed by atoms with E-state index >= 15 is 0 Å². The van der Waals surface area contributed by atoms with Gasteiger partial charge in [-0.3, -0.25) is 4.79 Å². The van der Waals surface area contributed by atoms with Crippen LogP contribution in [0.2, 0.25) is 0 Å². The maximum absolute atomic E-state index is 12.3. The van der Waals surface area contributed by atoms with E-state index in [2.05, 4.69) is 5.32 Å². The van der Waals surface area contributed by atoms with Crippen LogP contribution in [0.4, 0.5) is 0 Å². The van der Waals surface area contributed by atoms with Crippen molar-refractivity contribution in [2.24, 2.45) is 17.1 Å². The lowest BCUT2D eigenvalue weighted by Crippen LogP contribution is -2.55. The van der Waals surface area contributed by atoms with Gasteiger partial charge >= 0.3 is 5.97 Å². The minimum Gasteiger partial charge on any atom is -0.467 e. The molecule has 0 aromatic carbocycles. The molecule has 0 aliphatic carbocycles. The first kappa shape index (κ1) is 15.9. The fourth-order valence-corrected chi connectivity index (χ4v) is 2.03. The van der Waals surface area contributed by atoms with Crippen LogP contribution in [0.3, 0.4) is 0 Å². The molecule has 6 nitrogen and oxygen atoms in total. The van der Waals surface area contributed by atoms with E-state index < -0.39 is 17.4 Å². The highest BCUT2D eigenvalue weighted by Gasteiger charge is 2.45. The standard InChI is InChI=1S/C13H24N2O4/c1-5-8(2)10(11(16)18-4)15-12(17)13(3)7-19-6-9(13)14/h8-10H,5-7,14H2,1-4H3,(H,15,17). The van der Waals surface area contributed by atoms with Crippen molar-refractivity contribution in [1.82, 2.24) is 5.32 Å². The molecule has 19 heavy (non-hydrogen) atoms. The minimum atomic E-state index is -0.792. The zero-order valence-electron chi connectivity index (χ0n) is 12.1. The predicted octanol–water partition coefficient (Wildman–Crippen LogP) is 0.0541. The molecule has 1 saturated heterocycles. The Morgan fingerprint density at radius 1 is 1.58 bits per heavy atom. The molecule has 110 valence electrons. The molecule has 0 aromatic heterocycles. The Bertz CT molecular complexity index is 348. The van der Waals surface area contributed by atoms with Gasteiger partial charge in [-0.2, -0.15) is 0 Å². The number of rotatable bonds is 5.